The first-order valence-corrected chi connectivity index (χ1v) is 33.4. The molecule has 546 valence electrons. The summed E-state index contributed by atoms with van der Waals surface area (Å²) in [5.74, 6) is -1.66. The van der Waals surface area contributed by atoms with Crippen LogP contribution in [0.1, 0.15) is 144 Å². The zero-order valence-corrected chi connectivity index (χ0v) is 56.6. The zero-order valence-electron chi connectivity index (χ0n) is 56.6. The standard InChI is InChI=1S/C43H59NO10.C29H57NO12/c1-30(24-20-16-12-8-5-6-11-15-19-23-27-37(48)44-38-35(46)28-29-36(38)47)39(49)32(3)34(45)26-22-18-14-10-7-9-13-17-21-25-31(2)53-43-42(52)41(51)40(50)33(4)54-43;1-17(2)26(39)14-24(37)12-21(34)9-18(31)5-3-6-19(32)10-22(35)13-25(38)16-28(41)29(42)27(40)15-23(36)11-20(33)7-4-8-30/h5-11,13-15,17-24,26-27,30-34,39-43,45-46,49-52H,12,16,25,28-29H2,1-4H3,(H,44,48);3,5,17-25,27-29,31-38,40-42H,4,6-16,30H2,1-2H3/b8-5+,10-7+,11-6+,13-9+,18-14+,19-15+,21-17+,24-20+,26-22+,27-23+;5-3+. The molecule has 1 aliphatic carbocycles. The van der Waals surface area contributed by atoms with E-state index >= 15 is 0 Å². The van der Waals surface area contributed by atoms with Crippen LogP contribution in [0.15, 0.2) is 145 Å². The Bertz CT molecular complexity index is 2540. The van der Waals surface area contributed by atoms with E-state index in [4.69, 9.17) is 15.2 Å². The predicted molar refractivity (Wildman–Crippen MR) is 365 cm³/mol. The van der Waals surface area contributed by atoms with Crippen LogP contribution < -0.4 is 11.1 Å². The minimum absolute atomic E-state index is 0.0185. The van der Waals surface area contributed by atoms with E-state index in [1.54, 1.807) is 57.2 Å². The molecule has 20 N–H and O–H groups in total. The second-order valence-electron chi connectivity index (χ2n) is 25.2. The molecule has 0 radical (unpaired) electrons. The molecule has 24 nitrogen and oxygen atoms in total. The van der Waals surface area contributed by atoms with E-state index in [-0.39, 0.29) is 118 Å². The maximum atomic E-state index is 11.8. The number of ketones is 2. The smallest absolute Gasteiger partial charge is 0.248 e. The average molecular weight is 1360 g/mol. The maximum absolute atomic E-state index is 11.8. The van der Waals surface area contributed by atoms with Gasteiger partial charge in [0.1, 0.15) is 41.7 Å². The molecule has 2 rings (SSSR count). The number of carbonyl (C=O) groups is 3. The Morgan fingerprint density at radius 1 is 0.562 bits per heavy atom. The number of nitrogens with one attached hydrogen (secondary N) is 1. The number of carbonyl (C=O) groups excluding carboxylic acids is 3. The van der Waals surface area contributed by atoms with Gasteiger partial charge < -0.3 is 107 Å². The van der Waals surface area contributed by atoms with Crippen molar-refractivity contribution >= 4 is 17.5 Å². The lowest BCUT2D eigenvalue weighted by molar-refractivity contribution is -0.302. The first-order valence-electron chi connectivity index (χ1n) is 33.4. The lowest BCUT2D eigenvalue weighted by Gasteiger charge is -2.39. The Labute approximate surface area is 566 Å². The van der Waals surface area contributed by atoms with Crippen LogP contribution in [0, 0.1) is 17.8 Å². The number of Topliss-reactive ketones (excluding diaryl/α,β-unsaturated/α-hetero) is 2. The van der Waals surface area contributed by atoms with Gasteiger partial charge >= 0.3 is 0 Å². The number of aliphatic hydroxyl groups excluding tert-OH is 17. The topological polar surface area (TPSA) is 452 Å². The quantitative estimate of drug-likeness (QED) is 0.0180. The summed E-state index contributed by atoms with van der Waals surface area (Å²) < 4.78 is 11.1. The summed E-state index contributed by atoms with van der Waals surface area (Å²) in [5.41, 5.74) is 5.35. The van der Waals surface area contributed by atoms with Crippen molar-refractivity contribution in [2.75, 3.05) is 6.54 Å². The summed E-state index contributed by atoms with van der Waals surface area (Å²) in [7, 11) is 0. The Balaban J connectivity index is 0.000000993. The van der Waals surface area contributed by atoms with Gasteiger partial charge in [-0.05, 0) is 84.6 Å². The molecule has 0 aromatic carbocycles. The molecule has 0 aromatic rings. The molecule has 1 heterocycles. The molecular formula is C72H116N2O22. The second kappa shape index (κ2) is 51.0. The summed E-state index contributed by atoms with van der Waals surface area (Å²) in [5, 5.41) is 174. The largest absolute Gasteiger partial charge is 0.510 e. The van der Waals surface area contributed by atoms with Crippen LogP contribution >= 0.6 is 0 Å². The van der Waals surface area contributed by atoms with E-state index in [9.17, 15) is 101 Å². The van der Waals surface area contributed by atoms with Crippen molar-refractivity contribution in [3.05, 3.63) is 145 Å². The van der Waals surface area contributed by atoms with Gasteiger partial charge in [-0.25, -0.2) is 0 Å². The summed E-state index contributed by atoms with van der Waals surface area (Å²) in [6.45, 7) is 11.0. The Kier molecular flexibility index (Phi) is 47.1. The van der Waals surface area contributed by atoms with Crippen LogP contribution in [0.25, 0.3) is 0 Å². The van der Waals surface area contributed by atoms with E-state index in [1.807, 2.05) is 99.8 Å². The van der Waals surface area contributed by atoms with Crippen LogP contribution in [0.4, 0.5) is 0 Å². The highest BCUT2D eigenvalue weighted by molar-refractivity contribution is 6.03. The summed E-state index contributed by atoms with van der Waals surface area (Å²) >= 11 is 0. The third-order valence-electron chi connectivity index (χ3n) is 15.9. The summed E-state index contributed by atoms with van der Waals surface area (Å²) in [4.78, 5) is 35.1. The van der Waals surface area contributed by atoms with Crippen molar-refractivity contribution in [2.45, 2.75) is 260 Å². The van der Waals surface area contributed by atoms with Crippen LogP contribution in [-0.2, 0) is 23.9 Å². The third kappa shape index (κ3) is 40.0. The molecular weight excluding hydrogens is 1240 g/mol. The van der Waals surface area contributed by atoms with Crippen molar-refractivity contribution < 1.29 is 111 Å². The van der Waals surface area contributed by atoms with Crippen molar-refractivity contribution in [3.8, 4) is 0 Å². The number of amides is 1. The number of ether oxygens (including phenoxy) is 2. The molecule has 1 amide bonds. The fourth-order valence-electron chi connectivity index (χ4n) is 9.92. The van der Waals surface area contributed by atoms with Gasteiger partial charge in [-0.3, -0.25) is 14.4 Å². The molecule has 21 atom stereocenters. The number of aliphatic hydroxyl groups is 17. The van der Waals surface area contributed by atoms with Gasteiger partial charge in [-0.15, -0.1) is 0 Å². The molecule has 0 saturated carbocycles. The Morgan fingerprint density at radius 3 is 1.67 bits per heavy atom. The molecule has 1 fully saturated rings. The number of rotatable bonds is 46. The molecule has 96 heavy (non-hydrogen) atoms. The average Bonchev–Trinajstić information content (AvgIpc) is 0.987. The van der Waals surface area contributed by atoms with Crippen LogP contribution in [0.3, 0.4) is 0 Å². The van der Waals surface area contributed by atoms with E-state index in [2.05, 4.69) is 5.32 Å². The number of nitrogens with two attached hydrogens (primary N) is 1. The van der Waals surface area contributed by atoms with Gasteiger partial charge in [-0.1, -0.05) is 155 Å². The van der Waals surface area contributed by atoms with Gasteiger partial charge in [0, 0.05) is 62.4 Å². The van der Waals surface area contributed by atoms with Crippen molar-refractivity contribution in [1.29, 1.82) is 0 Å². The van der Waals surface area contributed by atoms with E-state index < -0.39 is 116 Å². The van der Waals surface area contributed by atoms with Gasteiger partial charge in [0.05, 0.1) is 85.5 Å². The molecule has 0 bridgehead atoms. The first-order chi connectivity index (χ1) is 45.4. The SMILES string of the molecule is CC(C)C(=O)CC(O)CC(O)CC(O)/C=C/CC(O)CC(O)CC(O)CC(O)C(O)C(O)CC(O)CC(O)CCCN.CC(C/C=C/C=C/C=C/C=C/C=C/C(O)C(C)C(O)C(C)/C=C/CC/C=C/C=C/C=C/C=C/C(=O)NC1=C(O)CCC1=O)OC1OC(C)C(O)C(O)C1O. The highest BCUT2D eigenvalue weighted by atomic mass is 16.7. The molecule has 2 aliphatic rings. The highest BCUT2D eigenvalue weighted by Gasteiger charge is 2.43. The van der Waals surface area contributed by atoms with Gasteiger partial charge in [-0.2, -0.15) is 0 Å². The number of hydrogen-bond donors (Lipinski definition) is 19. The first kappa shape index (κ1) is 88.7. The number of allylic oxidation sites excluding steroid dienone is 18. The van der Waals surface area contributed by atoms with Crippen molar-refractivity contribution in [2.24, 2.45) is 23.5 Å². The van der Waals surface area contributed by atoms with Crippen LogP contribution in [-0.4, -0.2) is 227 Å². The van der Waals surface area contributed by atoms with E-state index in [0.29, 0.717) is 25.8 Å². The highest BCUT2D eigenvalue weighted by Crippen LogP contribution is 2.25. The van der Waals surface area contributed by atoms with Crippen LogP contribution in [0.2, 0.25) is 0 Å². The summed E-state index contributed by atoms with van der Waals surface area (Å²) in [6.07, 6.45) is 20.9. The van der Waals surface area contributed by atoms with Gasteiger partial charge in [0.15, 0.2) is 12.1 Å². The van der Waals surface area contributed by atoms with Crippen molar-refractivity contribution in [3.63, 3.8) is 0 Å². The lowest BCUT2D eigenvalue weighted by atomic mass is 9.88. The van der Waals surface area contributed by atoms with Gasteiger partial charge in [0.2, 0.25) is 5.91 Å². The fourth-order valence-corrected chi connectivity index (χ4v) is 9.92. The number of unbranched alkanes of at least 4 members (excludes halogenated alkanes) is 1. The fraction of sp³-hybridized carbons (Fsp3) is 0.625. The van der Waals surface area contributed by atoms with Crippen LogP contribution in [0.5, 0.6) is 0 Å². The van der Waals surface area contributed by atoms with Crippen molar-refractivity contribution in [1.82, 2.24) is 5.32 Å². The van der Waals surface area contributed by atoms with E-state index in [0.717, 1.165) is 12.8 Å². The van der Waals surface area contributed by atoms with Gasteiger partial charge in [0.25, 0.3) is 0 Å². The minimum Gasteiger partial charge on any atom is -0.510 e. The molecule has 21 unspecified atom stereocenters. The zero-order chi connectivity index (χ0) is 72.3. The number of hydrogen-bond acceptors (Lipinski definition) is 23. The monoisotopic (exact) mass is 1360 g/mol. The molecule has 24 heteroatoms. The predicted octanol–water partition coefficient (Wildman–Crippen LogP) is 3.18. The minimum atomic E-state index is -1.68. The molecule has 1 saturated heterocycles. The summed E-state index contributed by atoms with van der Waals surface area (Å²) in [6, 6.07) is 0. The third-order valence-corrected chi connectivity index (χ3v) is 15.9. The Hall–Kier alpha value is -5.27. The normalized spacial score (nSPS) is 23.7. The lowest BCUT2D eigenvalue weighted by Crippen LogP contribution is -2.57. The molecule has 0 spiro atoms. The second-order valence-corrected chi connectivity index (χ2v) is 25.2. The maximum Gasteiger partial charge on any atom is 0.248 e. The molecule has 1 aliphatic heterocycles. The Morgan fingerprint density at radius 2 is 1.08 bits per heavy atom. The van der Waals surface area contributed by atoms with E-state index in [1.165, 1.54) is 18.2 Å². The molecule has 0 aromatic heterocycles.